The van der Waals surface area contributed by atoms with Gasteiger partial charge in [-0.05, 0) is 5.92 Å². The van der Waals surface area contributed by atoms with Crippen LogP contribution in [0.4, 0.5) is 0 Å². The third-order valence-corrected chi connectivity index (χ3v) is 2.31. The molecule has 0 bridgehead atoms. The van der Waals surface area contributed by atoms with E-state index < -0.39 is 0 Å². The molecule has 0 aliphatic carbocycles. The molecule has 0 aromatic heterocycles. The SMILES string of the molecule is CC(C)c1cc2ccccc2[cH-]1.[F-].[F-].[Ti+3]. The molecule has 0 nitrogen and oxygen atoms in total. The first-order valence-corrected chi connectivity index (χ1v) is 4.43. The molecule has 0 heterocycles. The summed E-state index contributed by atoms with van der Waals surface area (Å²) in [5, 5.41) is 2.72. The van der Waals surface area contributed by atoms with Gasteiger partial charge < -0.3 is 9.41 Å². The van der Waals surface area contributed by atoms with Gasteiger partial charge in [-0.25, -0.2) is 0 Å². The van der Waals surface area contributed by atoms with Crippen molar-refractivity contribution >= 4 is 10.8 Å². The Morgan fingerprint density at radius 1 is 1.07 bits per heavy atom. The average Bonchev–Trinajstić information content (AvgIpc) is 2.46. The molecule has 0 saturated carbocycles. The van der Waals surface area contributed by atoms with Gasteiger partial charge in [0.2, 0.25) is 0 Å². The molecule has 0 atom stereocenters. The summed E-state index contributed by atoms with van der Waals surface area (Å²) >= 11 is 0. The van der Waals surface area contributed by atoms with E-state index in [2.05, 4.69) is 50.2 Å². The fourth-order valence-corrected chi connectivity index (χ4v) is 1.51. The maximum Gasteiger partial charge on any atom is 3.00 e. The van der Waals surface area contributed by atoms with Crippen molar-refractivity contribution in [2.24, 2.45) is 0 Å². The van der Waals surface area contributed by atoms with Crippen molar-refractivity contribution in [1.82, 2.24) is 0 Å². The van der Waals surface area contributed by atoms with Crippen molar-refractivity contribution in [3.05, 3.63) is 42.0 Å². The Morgan fingerprint density at radius 3 is 2.20 bits per heavy atom. The Labute approximate surface area is 104 Å². The molecule has 1 radical (unpaired) electrons. The maximum atomic E-state index is 2.28. The standard InChI is InChI=1S/C12H13.2FH.Ti/c1-9(2)12-7-10-5-3-4-6-11(10)8-12;;;/h3-9H,1-2H3;2*1H;/q-1;;;+3/p-2. The molecule has 0 amide bonds. The van der Waals surface area contributed by atoms with Crippen LogP contribution in [0.5, 0.6) is 0 Å². The van der Waals surface area contributed by atoms with E-state index in [4.69, 9.17) is 0 Å². The zero-order chi connectivity index (χ0) is 8.55. The van der Waals surface area contributed by atoms with Gasteiger partial charge in [-0.2, -0.15) is 6.07 Å². The molecule has 2 aromatic carbocycles. The largest absolute Gasteiger partial charge is 3.00 e. The molecule has 0 unspecified atom stereocenters. The Balaban J connectivity index is 0. The van der Waals surface area contributed by atoms with E-state index in [-0.39, 0.29) is 31.1 Å². The first-order chi connectivity index (χ1) is 5.77. The maximum absolute atomic E-state index is 2.28. The van der Waals surface area contributed by atoms with Crippen molar-refractivity contribution in [1.29, 1.82) is 0 Å². The topological polar surface area (TPSA) is 0 Å². The van der Waals surface area contributed by atoms with Gasteiger partial charge in [0.25, 0.3) is 0 Å². The van der Waals surface area contributed by atoms with Crippen molar-refractivity contribution < 1.29 is 31.1 Å². The van der Waals surface area contributed by atoms with Gasteiger partial charge in [0.1, 0.15) is 0 Å². The van der Waals surface area contributed by atoms with E-state index in [1.807, 2.05) is 0 Å². The molecular weight excluding hydrogens is 230 g/mol. The van der Waals surface area contributed by atoms with E-state index >= 15 is 0 Å². The molecule has 0 fully saturated rings. The molecule has 0 saturated heterocycles. The van der Waals surface area contributed by atoms with E-state index in [0.29, 0.717) is 5.92 Å². The van der Waals surface area contributed by atoms with Gasteiger partial charge in [-0.15, -0.1) is 40.6 Å². The Morgan fingerprint density at radius 2 is 1.67 bits per heavy atom. The van der Waals surface area contributed by atoms with Gasteiger partial charge in [0.15, 0.2) is 0 Å². The second-order valence-electron chi connectivity index (χ2n) is 3.57. The minimum atomic E-state index is 0. The van der Waals surface area contributed by atoms with E-state index in [9.17, 15) is 0 Å². The summed E-state index contributed by atoms with van der Waals surface area (Å²) in [6.45, 7) is 4.46. The smallest absolute Gasteiger partial charge is 1.00 e. The summed E-state index contributed by atoms with van der Waals surface area (Å²) in [5.74, 6) is 0.636. The molecule has 0 spiro atoms. The molecule has 0 aliphatic heterocycles. The van der Waals surface area contributed by atoms with Crippen molar-refractivity contribution in [3.8, 4) is 0 Å². The Bertz CT molecular complexity index is 360. The second-order valence-corrected chi connectivity index (χ2v) is 3.57. The minimum absolute atomic E-state index is 0. The number of hydrogen-bond acceptors (Lipinski definition) is 0. The zero-order valence-corrected chi connectivity index (χ0v) is 10.4. The monoisotopic (exact) mass is 243 g/mol. The quantitative estimate of drug-likeness (QED) is 0.390. The van der Waals surface area contributed by atoms with Crippen LogP contribution in [-0.2, 0) is 21.7 Å². The minimum Gasteiger partial charge on any atom is -1.00 e. The summed E-state index contributed by atoms with van der Waals surface area (Å²) in [7, 11) is 0. The normalized spacial score (nSPS) is 9.00. The van der Waals surface area contributed by atoms with Gasteiger partial charge >= 0.3 is 21.7 Å². The summed E-state index contributed by atoms with van der Waals surface area (Å²) < 4.78 is 0. The van der Waals surface area contributed by atoms with Crippen LogP contribution in [0, 0.1) is 0 Å². The third-order valence-electron chi connectivity index (χ3n) is 2.31. The summed E-state index contributed by atoms with van der Waals surface area (Å²) in [5.41, 5.74) is 1.44. The van der Waals surface area contributed by atoms with E-state index in [1.54, 1.807) is 0 Å². The summed E-state index contributed by atoms with van der Waals surface area (Å²) in [6.07, 6.45) is 0. The van der Waals surface area contributed by atoms with Crippen LogP contribution in [-0.4, -0.2) is 0 Å². The fraction of sp³-hybridized carbons (Fsp3) is 0.250. The van der Waals surface area contributed by atoms with Crippen molar-refractivity contribution in [3.63, 3.8) is 0 Å². The molecule has 3 heteroatoms. The molecule has 2 aromatic rings. The first kappa shape index (κ1) is 16.8. The Hall–Kier alpha value is -0.596. The van der Waals surface area contributed by atoms with Gasteiger partial charge in [-0.3, -0.25) is 0 Å². The Kier molecular flexibility index (Phi) is 7.64. The molecule has 0 aliphatic rings. The van der Waals surface area contributed by atoms with Crippen LogP contribution in [0.1, 0.15) is 25.3 Å². The number of benzene rings is 1. The number of rotatable bonds is 1. The molecular formula is C12H13F2Ti. The van der Waals surface area contributed by atoms with Crippen molar-refractivity contribution in [2.75, 3.05) is 0 Å². The number of hydrogen-bond donors (Lipinski definition) is 0. The van der Waals surface area contributed by atoms with E-state index in [1.165, 1.54) is 16.3 Å². The van der Waals surface area contributed by atoms with Gasteiger partial charge in [0, 0.05) is 0 Å². The van der Waals surface area contributed by atoms with Gasteiger partial charge in [0.05, 0.1) is 0 Å². The van der Waals surface area contributed by atoms with Crippen LogP contribution < -0.4 is 9.41 Å². The molecule has 79 valence electrons. The predicted octanol–water partition coefficient (Wildman–Crippen LogP) is -2.31. The summed E-state index contributed by atoms with van der Waals surface area (Å²) in [6, 6.07) is 13.1. The predicted molar refractivity (Wildman–Crippen MR) is 53.6 cm³/mol. The number of halogens is 2. The first-order valence-electron chi connectivity index (χ1n) is 4.43. The second kappa shape index (κ2) is 6.81. The molecule has 15 heavy (non-hydrogen) atoms. The van der Waals surface area contributed by atoms with E-state index in [0.717, 1.165) is 0 Å². The van der Waals surface area contributed by atoms with Crippen LogP contribution in [0.15, 0.2) is 36.4 Å². The van der Waals surface area contributed by atoms with Crippen LogP contribution in [0.3, 0.4) is 0 Å². The third kappa shape index (κ3) is 3.47. The summed E-state index contributed by atoms with van der Waals surface area (Å²) in [4.78, 5) is 0. The van der Waals surface area contributed by atoms with Crippen molar-refractivity contribution in [2.45, 2.75) is 19.8 Å². The van der Waals surface area contributed by atoms with Gasteiger partial charge in [-0.1, -0.05) is 19.9 Å². The van der Waals surface area contributed by atoms with Crippen LogP contribution in [0.25, 0.3) is 10.8 Å². The molecule has 0 N–H and O–H groups in total. The zero-order valence-electron chi connectivity index (χ0n) is 8.80. The average molecular weight is 243 g/mol. The van der Waals surface area contributed by atoms with Crippen LogP contribution >= 0.6 is 0 Å². The molecule has 2 rings (SSSR count). The fourth-order valence-electron chi connectivity index (χ4n) is 1.51. The number of fused-ring (bicyclic) bond motifs is 1. The van der Waals surface area contributed by atoms with Crippen LogP contribution in [0.2, 0.25) is 0 Å².